The summed E-state index contributed by atoms with van der Waals surface area (Å²) >= 11 is 1.97. The molecule has 2 atom stereocenters. The third kappa shape index (κ3) is 4.74. The lowest BCUT2D eigenvalue weighted by atomic mass is 9.84. The van der Waals surface area contributed by atoms with E-state index in [1.54, 1.807) is 0 Å². The molecule has 4 heteroatoms. The Labute approximate surface area is 103 Å². The van der Waals surface area contributed by atoms with Gasteiger partial charge in [0.15, 0.2) is 0 Å². The van der Waals surface area contributed by atoms with Crippen molar-refractivity contribution in [3.63, 3.8) is 0 Å². The average Bonchev–Trinajstić information content (AvgIpc) is 2.29. The average molecular weight is 244 g/mol. The van der Waals surface area contributed by atoms with Crippen LogP contribution in [0.4, 0.5) is 0 Å². The molecule has 3 nitrogen and oxygen atoms in total. The van der Waals surface area contributed by atoms with Crippen LogP contribution in [0.15, 0.2) is 0 Å². The lowest BCUT2D eigenvalue weighted by Gasteiger charge is -2.30. The van der Waals surface area contributed by atoms with Crippen LogP contribution in [-0.2, 0) is 4.79 Å². The molecule has 1 saturated carbocycles. The number of nitrogens with two attached hydrogens (primary N) is 1. The van der Waals surface area contributed by atoms with Crippen molar-refractivity contribution in [1.29, 1.82) is 0 Å². The Kier molecular flexibility index (Phi) is 6.88. The van der Waals surface area contributed by atoms with E-state index in [1.165, 1.54) is 24.3 Å². The van der Waals surface area contributed by atoms with E-state index in [1.807, 2.05) is 11.8 Å². The van der Waals surface area contributed by atoms with Crippen LogP contribution in [0.25, 0.3) is 0 Å². The van der Waals surface area contributed by atoms with Gasteiger partial charge < -0.3 is 11.1 Å². The second-order valence-corrected chi connectivity index (χ2v) is 5.80. The predicted octanol–water partition coefficient (Wildman–Crippen LogP) is 1.76. The first kappa shape index (κ1) is 13.8. The van der Waals surface area contributed by atoms with Crippen molar-refractivity contribution in [2.45, 2.75) is 45.1 Å². The van der Waals surface area contributed by atoms with Crippen LogP contribution >= 0.6 is 11.8 Å². The first-order valence-corrected chi connectivity index (χ1v) is 7.51. The first-order valence-electron chi connectivity index (χ1n) is 6.36. The van der Waals surface area contributed by atoms with Gasteiger partial charge in [-0.3, -0.25) is 4.79 Å². The molecule has 0 saturated heterocycles. The zero-order valence-corrected chi connectivity index (χ0v) is 11.0. The molecule has 2 unspecified atom stereocenters. The van der Waals surface area contributed by atoms with Gasteiger partial charge in [0.1, 0.15) is 0 Å². The number of primary amides is 1. The van der Waals surface area contributed by atoms with Crippen molar-refractivity contribution in [3.8, 4) is 0 Å². The lowest BCUT2D eigenvalue weighted by Crippen LogP contribution is -2.45. The fraction of sp³-hybridized carbons (Fsp3) is 0.917. The standard InChI is InChI=1S/C12H24N2OS/c1-2-16-9-5-8-14-11-7-4-3-6-10(11)12(13)15/h10-11,14H,2-9H2,1H3,(H2,13,15). The largest absolute Gasteiger partial charge is 0.369 e. The number of carbonyl (C=O) groups is 1. The highest BCUT2D eigenvalue weighted by Crippen LogP contribution is 2.24. The summed E-state index contributed by atoms with van der Waals surface area (Å²) in [6, 6.07) is 0.331. The third-order valence-corrected chi connectivity index (χ3v) is 4.19. The molecule has 0 aromatic rings. The van der Waals surface area contributed by atoms with Crippen LogP contribution in [0.5, 0.6) is 0 Å². The Morgan fingerprint density at radius 3 is 2.88 bits per heavy atom. The van der Waals surface area contributed by atoms with Crippen molar-refractivity contribution in [3.05, 3.63) is 0 Å². The number of hydrogen-bond acceptors (Lipinski definition) is 3. The second kappa shape index (κ2) is 7.96. The van der Waals surface area contributed by atoms with E-state index in [2.05, 4.69) is 12.2 Å². The molecule has 0 bridgehead atoms. The summed E-state index contributed by atoms with van der Waals surface area (Å²) in [5.41, 5.74) is 5.43. The summed E-state index contributed by atoms with van der Waals surface area (Å²) in [5.74, 6) is 2.33. The molecule has 16 heavy (non-hydrogen) atoms. The van der Waals surface area contributed by atoms with Crippen molar-refractivity contribution < 1.29 is 4.79 Å². The van der Waals surface area contributed by atoms with E-state index in [-0.39, 0.29) is 11.8 Å². The Balaban J connectivity index is 2.19. The minimum atomic E-state index is -0.125. The molecule has 0 aromatic carbocycles. The van der Waals surface area contributed by atoms with Crippen molar-refractivity contribution >= 4 is 17.7 Å². The van der Waals surface area contributed by atoms with E-state index < -0.39 is 0 Å². The fourth-order valence-electron chi connectivity index (χ4n) is 2.32. The van der Waals surface area contributed by atoms with Gasteiger partial charge in [0.25, 0.3) is 0 Å². The quantitative estimate of drug-likeness (QED) is 0.671. The van der Waals surface area contributed by atoms with Gasteiger partial charge in [-0.05, 0) is 37.3 Å². The normalized spacial score (nSPS) is 25.6. The van der Waals surface area contributed by atoms with Gasteiger partial charge in [-0.25, -0.2) is 0 Å². The van der Waals surface area contributed by atoms with Gasteiger partial charge >= 0.3 is 0 Å². The first-order chi connectivity index (χ1) is 7.75. The summed E-state index contributed by atoms with van der Waals surface area (Å²) in [6.45, 7) is 3.20. The number of nitrogens with one attached hydrogen (secondary N) is 1. The highest BCUT2D eigenvalue weighted by Gasteiger charge is 2.28. The summed E-state index contributed by atoms with van der Waals surface area (Å²) in [5, 5.41) is 3.50. The van der Waals surface area contributed by atoms with Gasteiger partial charge in [0, 0.05) is 6.04 Å². The maximum Gasteiger partial charge on any atom is 0.222 e. The van der Waals surface area contributed by atoms with Crippen molar-refractivity contribution in [2.75, 3.05) is 18.1 Å². The zero-order chi connectivity index (χ0) is 11.8. The third-order valence-electron chi connectivity index (χ3n) is 3.21. The Hall–Kier alpha value is -0.220. The Morgan fingerprint density at radius 1 is 1.44 bits per heavy atom. The summed E-state index contributed by atoms with van der Waals surface area (Å²) < 4.78 is 0. The summed E-state index contributed by atoms with van der Waals surface area (Å²) in [7, 11) is 0. The molecule has 1 aliphatic carbocycles. The van der Waals surface area contributed by atoms with Gasteiger partial charge in [0.2, 0.25) is 5.91 Å². The molecule has 0 heterocycles. The van der Waals surface area contributed by atoms with Crippen LogP contribution in [0, 0.1) is 5.92 Å². The van der Waals surface area contributed by atoms with E-state index >= 15 is 0 Å². The smallest absolute Gasteiger partial charge is 0.222 e. The minimum absolute atomic E-state index is 0.0626. The van der Waals surface area contributed by atoms with Crippen LogP contribution in [-0.4, -0.2) is 30.0 Å². The van der Waals surface area contributed by atoms with E-state index in [0.29, 0.717) is 6.04 Å². The molecule has 3 N–H and O–H groups in total. The Morgan fingerprint density at radius 2 is 2.19 bits per heavy atom. The van der Waals surface area contributed by atoms with Crippen LogP contribution in [0.2, 0.25) is 0 Å². The molecular weight excluding hydrogens is 220 g/mol. The van der Waals surface area contributed by atoms with Gasteiger partial charge in [-0.2, -0.15) is 11.8 Å². The fourth-order valence-corrected chi connectivity index (χ4v) is 2.96. The topological polar surface area (TPSA) is 55.1 Å². The molecule has 94 valence electrons. The number of amides is 1. The Bertz CT molecular complexity index is 211. The predicted molar refractivity (Wildman–Crippen MR) is 70.6 cm³/mol. The number of carbonyl (C=O) groups excluding carboxylic acids is 1. The van der Waals surface area contributed by atoms with E-state index in [9.17, 15) is 4.79 Å². The number of thioether (sulfide) groups is 1. The van der Waals surface area contributed by atoms with Crippen molar-refractivity contribution in [2.24, 2.45) is 11.7 Å². The maximum atomic E-state index is 11.3. The van der Waals surface area contributed by atoms with E-state index in [4.69, 9.17) is 5.73 Å². The molecule has 1 fully saturated rings. The number of rotatable bonds is 7. The van der Waals surface area contributed by atoms with Crippen LogP contribution < -0.4 is 11.1 Å². The lowest BCUT2D eigenvalue weighted by molar-refractivity contribution is -0.123. The summed E-state index contributed by atoms with van der Waals surface area (Å²) in [6.07, 6.45) is 5.63. The van der Waals surface area contributed by atoms with E-state index in [0.717, 1.165) is 25.8 Å². The second-order valence-electron chi connectivity index (χ2n) is 4.40. The van der Waals surface area contributed by atoms with Gasteiger partial charge in [0.05, 0.1) is 5.92 Å². The highest BCUT2D eigenvalue weighted by molar-refractivity contribution is 7.99. The minimum Gasteiger partial charge on any atom is -0.369 e. The van der Waals surface area contributed by atoms with Crippen LogP contribution in [0.3, 0.4) is 0 Å². The van der Waals surface area contributed by atoms with Gasteiger partial charge in [-0.1, -0.05) is 19.8 Å². The monoisotopic (exact) mass is 244 g/mol. The molecule has 1 amide bonds. The highest BCUT2D eigenvalue weighted by atomic mass is 32.2. The zero-order valence-electron chi connectivity index (χ0n) is 10.2. The molecule has 0 aliphatic heterocycles. The SMILES string of the molecule is CCSCCCNC1CCCCC1C(N)=O. The van der Waals surface area contributed by atoms with Crippen molar-refractivity contribution in [1.82, 2.24) is 5.32 Å². The van der Waals surface area contributed by atoms with Crippen LogP contribution in [0.1, 0.15) is 39.0 Å². The molecule has 0 radical (unpaired) electrons. The molecular formula is C12H24N2OS. The van der Waals surface area contributed by atoms with Gasteiger partial charge in [-0.15, -0.1) is 0 Å². The number of hydrogen-bond donors (Lipinski definition) is 2. The molecule has 0 aromatic heterocycles. The molecule has 0 spiro atoms. The molecule has 1 rings (SSSR count). The molecule has 1 aliphatic rings. The maximum absolute atomic E-state index is 11.3. The summed E-state index contributed by atoms with van der Waals surface area (Å²) in [4.78, 5) is 11.3.